The molecule has 0 spiro atoms. The first-order valence-electron chi connectivity index (χ1n) is 6.39. The molecule has 4 heteroatoms. The lowest BCUT2D eigenvalue weighted by Crippen LogP contribution is -2.12. The molecule has 1 N–H and O–H groups in total. The van der Waals surface area contributed by atoms with Gasteiger partial charge in [-0.2, -0.15) is 0 Å². The van der Waals surface area contributed by atoms with Gasteiger partial charge in [-0.15, -0.1) is 11.8 Å². The molecule has 0 aliphatic carbocycles. The van der Waals surface area contributed by atoms with Crippen LogP contribution in [0.15, 0.2) is 57.9 Å². The van der Waals surface area contributed by atoms with Crippen LogP contribution in [0.2, 0.25) is 0 Å². The summed E-state index contributed by atoms with van der Waals surface area (Å²) in [5.41, 5.74) is 2.04. The molecule has 0 aromatic heterocycles. The number of halogens is 1. The van der Waals surface area contributed by atoms with Gasteiger partial charge in [0.1, 0.15) is 0 Å². The third kappa shape index (κ3) is 4.69. The maximum Gasteiger partial charge on any atom is 0.225 e. The highest BCUT2D eigenvalue weighted by atomic mass is 79.9. The van der Waals surface area contributed by atoms with Crippen molar-refractivity contribution in [3.63, 3.8) is 0 Å². The van der Waals surface area contributed by atoms with Gasteiger partial charge in [0.05, 0.1) is 0 Å². The largest absolute Gasteiger partial charge is 0.326 e. The summed E-state index contributed by atoms with van der Waals surface area (Å²) in [6.07, 6.45) is 0.500. The van der Waals surface area contributed by atoms with E-state index in [9.17, 15) is 4.79 Å². The van der Waals surface area contributed by atoms with Crippen LogP contribution in [0.1, 0.15) is 12.0 Å². The van der Waals surface area contributed by atoms with Gasteiger partial charge in [0, 0.05) is 27.2 Å². The summed E-state index contributed by atoms with van der Waals surface area (Å²) in [5.74, 6) is 0.814. The number of nitrogens with one attached hydrogen (secondary N) is 1. The van der Waals surface area contributed by atoms with E-state index in [0.717, 1.165) is 20.8 Å². The molecule has 0 atom stereocenters. The summed E-state index contributed by atoms with van der Waals surface area (Å²) in [5, 5.41) is 2.91. The van der Waals surface area contributed by atoms with Crippen molar-refractivity contribution in [1.82, 2.24) is 0 Å². The van der Waals surface area contributed by atoms with E-state index in [4.69, 9.17) is 0 Å². The van der Waals surface area contributed by atoms with Gasteiger partial charge in [0.25, 0.3) is 0 Å². The normalized spacial score (nSPS) is 10.3. The topological polar surface area (TPSA) is 29.1 Å². The van der Waals surface area contributed by atoms with Crippen LogP contribution in [0.5, 0.6) is 0 Å². The lowest BCUT2D eigenvalue weighted by atomic mass is 10.2. The molecule has 2 aromatic rings. The first-order valence-corrected chi connectivity index (χ1v) is 8.17. The molecule has 0 radical (unpaired) electrons. The second kappa shape index (κ2) is 7.50. The molecule has 0 saturated carbocycles. The first-order chi connectivity index (χ1) is 9.65. The van der Waals surface area contributed by atoms with Crippen molar-refractivity contribution in [2.75, 3.05) is 11.1 Å². The minimum absolute atomic E-state index is 0.0495. The van der Waals surface area contributed by atoms with E-state index in [0.29, 0.717) is 6.42 Å². The van der Waals surface area contributed by atoms with E-state index < -0.39 is 0 Å². The van der Waals surface area contributed by atoms with Crippen molar-refractivity contribution in [1.29, 1.82) is 0 Å². The number of carbonyl (C=O) groups is 1. The monoisotopic (exact) mass is 349 g/mol. The van der Waals surface area contributed by atoms with E-state index in [1.165, 1.54) is 5.56 Å². The molecule has 0 fully saturated rings. The highest BCUT2D eigenvalue weighted by Crippen LogP contribution is 2.27. The number of anilines is 1. The van der Waals surface area contributed by atoms with Gasteiger partial charge in [-0.1, -0.05) is 29.8 Å². The maximum atomic E-state index is 11.8. The third-order valence-corrected chi connectivity index (χ3v) is 4.79. The van der Waals surface area contributed by atoms with Crippen molar-refractivity contribution in [3.8, 4) is 0 Å². The Balaban J connectivity index is 1.78. The molecular weight excluding hydrogens is 334 g/mol. The molecular formula is C16H16BrNOS. The Morgan fingerprint density at radius 1 is 1.15 bits per heavy atom. The molecule has 0 aliphatic rings. The number of thioether (sulfide) groups is 1. The Morgan fingerprint density at radius 3 is 2.55 bits per heavy atom. The predicted molar refractivity (Wildman–Crippen MR) is 89.3 cm³/mol. The van der Waals surface area contributed by atoms with Crippen molar-refractivity contribution in [2.45, 2.75) is 18.2 Å². The number of hydrogen-bond donors (Lipinski definition) is 1. The lowest BCUT2D eigenvalue weighted by molar-refractivity contribution is -0.115. The van der Waals surface area contributed by atoms with E-state index in [1.54, 1.807) is 11.8 Å². The van der Waals surface area contributed by atoms with Crippen LogP contribution >= 0.6 is 27.7 Å². The number of benzene rings is 2. The fourth-order valence-electron chi connectivity index (χ4n) is 1.68. The molecule has 0 aliphatic heterocycles. The zero-order chi connectivity index (χ0) is 14.4. The smallest absolute Gasteiger partial charge is 0.225 e. The molecule has 1 amide bonds. The fourth-order valence-corrected chi connectivity index (χ4v) is 3.19. The molecule has 2 nitrogen and oxygen atoms in total. The van der Waals surface area contributed by atoms with Crippen LogP contribution in [0.3, 0.4) is 0 Å². The molecule has 20 heavy (non-hydrogen) atoms. The second-order valence-electron chi connectivity index (χ2n) is 4.44. The lowest BCUT2D eigenvalue weighted by Gasteiger charge is -2.06. The molecule has 0 unspecified atom stereocenters. The van der Waals surface area contributed by atoms with Crippen LogP contribution in [-0.2, 0) is 4.79 Å². The van der Waals surface area contributed by atoms with E-state index >= 15 is 0 Å². The molecule has 0 bridgehead atoms. The summed E-state index contributed by atoms with van der Waals surface area (Å²) < 4.78 is 1.07. The quantitative estimate of drug-likeness (QED) is 0.779. The zero-order valence-electron chi connectivity index (χ0n) is 11.2. The van der Waals surface area contributed by atoms with Gasteiger partial charge < -0.3 is 5.32 Å². The van der Waals surface area contributed by atoms with Crippen LogP contribution < -0.4 is 5.32 Å². The second-order valence-corrected chi connectivity index (χ2v) is 6.43. The van der Waals surface area contributed by atoms with Crippen molar-refractivity contribution >= 4 is 39.3 Å². The Kier molecular flexibility index (Phi) is 5.68. The summed E-state index contributed by atoms with van der Waals surface area (Å²) in [7, 11) is 0. The van der Waals surface area contributed by atoms with Crippen LogP contribution in [0.4, 0.5) is 5.69 Å². The number of amides is 1. The number of aryl methyl sites for hydroxylation is 1. The fraction of sp³-hybridized carbons (Fsp3) is 0.188. The number of carbonyl (C=O) groups excluding carboxylic acids is 1. The standard InChI is InChI=1S/C16H16BrNOS/c1-12-6-8-13(9-7-12)18-16(19)10-11-20-15-5-3-2-4-14(15)17/h2-9H,10-11H2,1H3,(H,18,19). The highest BCUT2D eigenvalue weighted by molar-refractivity contribution is 9.10. The predicted octanol–water partition coefficient (Wildman–Crippen LogP) is 4.88. The molecule has 2 rings (SSSR count). The molecule has 0 heterocycles. The summed E-state index contributed by atoms with van der Waals surface area (Å²) in [6, 6.07) is 15.9. The van der Waals surface area contributed by atoms with Gasteiger partial charge in [-0.3, -0.25) is 4.79 Å². The van der Waals surface area contributed by atoms with Crippen LogP contribution in [-0.4, -0.2) is 11.7 Å². The SMILES string of the molecule is Cc1ccc(NC(=O)CCSc2ccccc2Br)cc1. The Labute approximate surface area is 132 Å². The molecule has 0 saturated heterocycles. The van der Waals surface area contributed by atoms with Gasteiger partial charge in [-0.05, 0) is 47.1 Å². The molecule has 104 valence electrons. The van der Waals surface area contributed by atoms with E-state index in [2.05, 4.69) is 21.2 Å². The van der Waals surface area contributed by atoms with Crippen LogP contribution in [0.25, 0.3) is 0 Å². The van der Waals surface area contributed by atoms with Gasteiger partial charge in [0.2, 0.25) is 5.91 Å². The zero-order valence-corrected chi connectivity index (χ0v) is 13.6. The Morgan fingerprint density at radius 2 is 1.85 bits per heavy atom. The van der Waals surface area contributed by atoms with E-state index in [1.807, 2.05) is 55.5 Å². The number of hydrogen-bond acceptors (Lipinski definition) is 2. The summed E-state index contributed by atoms with van der Waals surface area (Å²) in [6.45, 7) is 2.03. The Bertz CT molecular complexity index is 583. The maximum absolute atomic E-state index is 11.8. The minimum atomic E-state index is 0.0495. The average Bonchev–Trinajstić information content (AvgIpc) is 2.43. The van der Waals surface area contributed by atoms with Gasteiger partial charge >= 0.3 is 0 Å². The average molecular weight is 350 g/mol. The van der Waals surface area contributed by atoms with E-state index in [-0.39, 0.29) is 5.91 Å². The van der Waals surface area contributed by atoms with Gasteiger partial charge in [0.15, 0.2) is 0 Å². The summed E-state index contributed by atoms with van der Waals surface area (Å²) >= 11 is 5.18. The van der Waals surface area contributed by atoms with Gasteiger partial charge in [-0.25, -0.2) is 0 Å². The van der Waals surface area contributed by atoms with Crippen LogP contribution in [0, 0.1) is 6.92 Å². The van der Waals surface area contributed by atoms with Crippen molar-refractivity contribution in [3.05, 3.63) is 58.6 Å². The highest BCUT2D eigenvalue weighted by Gasteiger charge is 2.04. The number of rotatable bonds is 5. The third-order valence-electron chi connectivity index (χ3n) is 2.76. The summed E-state index contributed by atoms with van der Waals surface area (Å²) in [4.78, 5) is 13.0. The van der Waals surface area contributed by atoms with Crippen molar-refractivity contribution < 1.29 is 4.79 Å². The first kappa shape index (κ1) is 15.1. The minimum Gasteiger partial charge on any atom is -0.326 e. The van der Waals surface area contributed by atoms with Crippen molar-refractivity contribution in [2.24, 2.45) is 0 Å². The molecule has 2 aromatic carbocycles. The Hall–Kier alpha value is -1.26.